The number of benzene rings is 1. The van der Waals surface area contributed by atoms with Gasteiger partial charge in [-0.25, -0.2) is 9.59 Å². The molecule has 4 rings (SSSR count). The van der Waals surface area contributed by atoms with E-state index in [1.807, 2.05) is 19.1 Å². The van der Waals surface area contributed by atoms with Crippen molar-refractivity contribution in [1.29, 1.82) is 0 Å². The number of carbonyl (C=O) groups is 2. The topological polar surface area (TPSA) is 64.0 Å². The second-order valence-electron chi connectivity index (χ2n) is 8.39. The Bertz CT molecular complexity index is 944. The van der Waals surface area contributed by atoms with E-state index >= 15 is 0 Å². The molecule has 1 amide bonds. The standard InChI is InChI=1S/C24H33N3O4/c1-3-31-24(29)26-15-13-25(14-16-26)11-6-12-27-21-8-5-4-7-19(21)20-17-18(23(28)30-2)9-10-22(20)27/h9-10,17H,3-8,11-16H2,1-2H3. The minimum atomic E-state index is -0.277. The largest absolute Gasteiger partial charge is 0.465 e. The van der Waals surface area contributed by atoms with Gasteiger partial charge in [0, 0.05) is 49.3 Å². The third-order valence-electron chi connectivity index (χ3n) is 6.55. The van der Waals surface area contributed by atoms with Gasteiger partial charge in [0.05, 0.1) is 19.3 Å². The molecule has 2 heterocycles. The predicted octanol–water partition coefficient (Wildman–Crippen LogP) is 3.47. The van der Waals surface area contributed by atoms with Crippen molar-refractivity contribution >= 4 is 23.0 Å². The molecule has 0 unspecified atom stereocenters. The third-order valence-corrected chi connectivity index (χ3v) is 6.55. The number of esters is 1. The molecule has 31 heavy (non-hydrogen) atoms. The molecule has 1 fully saturated rings. The highest BCUT2D eigenvalue weighted by atomic mass is 16.6. The van der Waals surface area contributed by atoms with Gasteiger partial charge in [0.2, 0.25) is 0 Å². The lowest BCUT2D eigenvalue weighted by Gasteiger charge is -2.34. The van der Waals surface area contributed by atoms with E-state index in [0.717, 1.165) is 58.5 Å². The first kappa shape index (κ1) is 21.7. The fraction of sp³-hybridized carbons (Fsp3) is 0.583. The summed E-state index contributed by atoms with van der Waals surface area (Å²) < 4.78 is 12.5. The predicted molar refractivity (Wildman–Crippen MR) is 120 cm³/mol. The number of hydrogen-bond acceptors (Lipinski definition) is 5. The van der Waals surface area contributed by atoms with Gasteiger partial charge in [0.25, 0.3) is 0 Å². The minimum absolute atomic E-state index is 0.195. The summed E-state index contributed by atoms with van der Waals surface area (Å²) >= 11 is 0. The zero-order valence-electron chi connectivity index (χ0n) is 18.7. The van der Waals surface area contributed by atoms with E-state index < -0.39 is 0 Å². The Kier molecular flexibility index (Phi) is 6.80. The van der Waals surface area contributed by atoms with Crippen molar-refractivity contribution in [3.05, 3.63) is 35.0 Å². The van der Waals surface area contributed by atoms with Crippen LogP contribution in [0.1, 0.15) is 47.8 Å². The molecule has 1 aromatic heterocycles. The van der Waals surface area contributed by atoms with Gasteiger partial charge in [-0.05, 0) is 69.3 Å². The zero-order chi connectivity index (χ0) is 21.8. The molecule has 0 radical (unpaired) electrons. The number of nitrogens with zero attached hydrogens (tertiary/aromatic N) is 3. The van der Waals surface area contributed by atoms with Crippen molar-refractivity contribution in [2.24, 2.45) is 0 Å². The van der Waals surface area contributed by atoms with Crippen molar-refractivity contribution in [2.45, 2.75) is 45.6 Å². The first-order valence-electron chi connectivity index (χ1n) is 11.5. The zero-order valence-corrected chi connectivity index (χ0v) is 18.7. The quantitative estimate of drug-likeness (QED) is 0.661. The van der Waals surface area contributed by atoms with Gasteiger partial charge in [0.1, 0.15) is 0 Å². The van der Waals surface area contributed by atoms with Crippen molar-refractivity contribution < 1.29 is 19.1 Å². The van der Waals surface area contributed by atoms with Crippen LogP contribution >= 0.6 is 0 Å². The lowest BCUT2D eigenvalue weighted by Crippen LogP contribution is -2.49. The average molecular weight is 428 g/mol. The Hall–Kier alpha value is -2.54. The van der Waals surface area contributed by atoms with Crippen LogP contribution in [0.3, 0.4) is 0 Å². The van der Waals surface area contributed by atoms with E-state index in [1.54, 1.807) is 4.90 Å². The Morgan fingerprint density at radius 2 is 1.81 bits per heavy atom. The molecule has 0 N–H and O–H groups in total. The molecule has 1 aliphatic carbocycles. The second kappa shape index (κ2) is 9.73. The number of aryl methyl sites for hydroxylation is 2. The number of amides is 1. The maximum atomic E-state index is 12.0. The van der Waals surface area contributed by atoms with Crippen LogP contribution in [0, 0.1) is 0 Å². The van der Waals surface area contributed by atoms with Gasteiger partial charge in [-0.3, -0.25) is 4.90 Å². The van der Waals surface area contributed by atoms with Gasteiger partial charge in [-0.1, -0.05) is 0 Å². The molecule has 2 aromatic rings. The summed E-state index contributed by atoms with van der Waals surface area (Å²) in [4.78, 5) is 28.1. The van der Waals surface area contributed by atoms with Crippen LogP contribution in [-0.2, 0) is 28.9 Å². The van der Waals surface area contributed by atoms with Crippen LogP contribution in [0.15, 0.2) is 18.2 Å². The monoisotopic (exact) mass is 427 g/mol. The lowest BCUT2D eigenvalue weighted by atomic mass is 9.95. The molecule has 1 saturated heterocycles. The van der Waals surface area contributed by atoms with E-state index in [9.17, 15) is 9.59 Å². The van der Waals surface area contributed by atoms with E-state index in [1.165, 1.54) is 42.1 Å². The molecule has 1 aromatic carbocycles. The highest BCUT2D eigenvalue weighted by molar-refractivity contribution is 5.96. The fourth-order valence-electron chi connectivity index (χ4n) is 4.96. The first-order chi connectivity index (χ1) is 15.1. The smallest absolute Gasteiger partial charge is 0.409 e. The molecule has 0 spiro atoms. The molecule has 0 bridgehead atoms. The molecule has 7 nitrogen and oxygen atoms in total. The molecule has 0 saturated carbocycles. The normalized spacial score (nSPS) is 16.9. The molecule has 7 heteroatoms. The van der Waals surface area contributed by atoms with Crippen molar-refractivity contribution in [2.75, 3.05) is 46.4 Å². The number of ether oxygens (including phenoxy) is 2. The molecular formula is C24H33N3O4. The van der Waals surface area contributed by atoms with Crippen molar-refractivity contribution in [3.63, 3.8) is 0 Å². The Morgan fingerprint density at radius 3 is 2.55 bits per heavy atom. The van der Waals surface area contributed by atoms with Crippen LogP contribution in [0.4, 0.5) is 4.79 Å². The van der Waals surface area contributed by atoms with Crippen LogP contribution < -0.4 is 0 Å². The SMILES string of the molecule is CCOC(=O)N1CCN(CCCn2c3c(c4cc(C(=O)OC)ccc42)CCCC3)CC1. The van der Waals surface area contributed by atoms with E-state index in [-0.39, 0.29) is 12.1 Å². The molecule has 1 aliphatic heterocycles. The van der Waals surface area contributed by atoms with Crippen molar-refractivity contribution in [1.82, 2.24) is 14.4 Å². The molecule has 2 aliphatic rings. The fourth-order valence-corrected chi connectivity index (χ4v) is 4.96. The van der Waals surface area contributed by atoms with E-state index in [2.05, 4.69) is 15.5 Å². The summed E-state index contributed by atoms with van der Waals surface area (Å²) in [6.07, 6.45) is 5.49. The van der Waals surface area contributed by atoms with E-state index in [0.29, 0.717) is 12.2 Å². The number of aromatic nitrogens is 1. The summed E-state index contributed by atoms with van der Waals surface area (Å²) in [5.74, 6) is -0.277. The highest BCUT2D eigenvalue weighted by Gasteiger charge is 2.23. The van der Waals surface area contributed by atoms with E-state index in [4.69, 9.17) is 9.47 Å². The number of carbonyl (C=O) groups excluding carboxylic acids is 2. The Balaban J connectivity index is 1.42. The maximum absolute atomic E-state index is 12.0. The molecular weight excluding hydrogens is 394 g/mol. The van der Waals surface area contributed by atoms with Crippen LogP contribution in [0.25, 0.3) is 10.9 Å². The van der Waals surface area contributed by atoms with Gasteiger partial charge in [0.15, 0.2) is 0 Å². The second-order valence-corrected chi connectivity index (χ2v) is 8.39. The number of fused-ring (bicyclic) bond motifs is 3. The first-order valence-corrected chi connectivity index (χ1v) is 11.5. The minimum Gasteiger partial charge on any atom is -0.465 e. The summed E-state index contributed by atoms with van der Waals surface area (Å²) in [6, 6.07) is 5.97. The van der Waals surface area contributed by atoms with Gasteiger partial charge < -0.3 is 18.9 Å². The summed E-state index contributed by atoms with van der Waals surface area (Å²) in [5, 5.41) is 1.21. The van der Waals surface area contributed by atoms with Gasteiger partial charge >= 0.3 is 12.1 Å². The summed E-state index contributed by atoms with van der Waals surface area (Å²) in [6.45, 7) is 7.52. The molecule has 168 valence electrons. The number of rotatable bonds is 6. The average Bonchev–Trinajstić information content (AvgIpc) is 3.12. The highest BCUT2D eigenvalue weighted by Crippen LogP contribution is 2.33. The van der Waals surface area contributed by atoms with Gasteiger partial charge in [-0.15, -0.1) is 0 Å². The number of methoxy groups -OCH3 is 1. The van der Waals surface area contributed by atoms with Crippen LogP contribution in [-0.4, -0.2) is 72.9 Å². The number of piperazine rings is 1. The van der Waals surface area contributed by atoms with Crippen LogP contribution in [0.5, 0.6) is 0 Å². The Morgan fingerprint density at radius 1 is 1.03 bits per heavy atom. The van der Waals surface area contributed by atoms with Gasteiger partial charge in [-0.2, -0.15) is 0 Å². The van der Waals surface area contributed by atoms with Crippen molar-refractivity contribution in [3.8, 4) is 0 Å². The Labute approximate surface area is 183 Å². The summed E-state index contributed by atoms with van der Waals surface area (Å²) in [5.41, 5.74) is 4.71. The molecule has 0 atom stereocenters. The third kappa shape index (κ3) is 4.56. The van der Waals surface area contributed by atoms with Crippen LogP contribution in [0.2, 0.25) is 0 Å². The maximum Gasteiger partial charge on any atom is 0.409 e. The summed E-state index contributed by atoms with van der Waals surface area (Å²) in [7, 11) is 1.43. The number of hydrogen-bond donors (Lipinski definition) is 0. The lowest BCUT2D eigenvalue weighted by molar-refractivity contribution is 0.0600.